The lowest BCUT2D eigenvalue weighted by Gasteiger charge is -2.12. The van der Waals surface area contributed by atoms with Gasteiger partial charge < -0.3 is 20.1 Å². The fraction of sp³-hybridized carbons (Fsp3) is 0.333. The second kappa shape index (κ2) is 8.12. The summed E-state index contributed by atoms with van der Waals surface area (Å²) in [5.41, 5.74) is 2.92. The average Bonchev–Trinajstić information content (AvgIpc) is 3.02. The molecule has 2 aromatic heterocycles. The smallest absolute Gasteiger partial charge is 0.319 e. The standard InChI is InChI=1S/C21H27N5O/c1-15(2)14-26-10-9-17-11-18(6-7-19(17)26)24-21(27)23-13-16-5-8-20(22-12-16)25(3)4/h5-12,15H,13-14H2,1-4H3,(H2,23,24,27). The Hall–Kier alpha value is -3.02. The summed E-state index contributed by atoms with van der Waals surface area (Å²) in [6, 6.07) is 11.7. The van der Waals surface area contributed by atoms with Crippen LogP contribution in [0.1, 0.15) is 19.4 Å². The van der Waals surface area contributed by atoms with E-state index in [1.165, 1.54) is 5.52 Å². The van der Waals surface area contributed by atoms with E-state index in [0.29, 0.717) is 12.5 Å². The molecule has 3 aromatic rings. The van der Waals surface area contributed by atoms with Gasteiger partial charge in [-0.15, -0.1) is 0 Å². The number of nitrogens with one attached hydrogen (secondary N) is 2. The molecule has 0 aliphatic heterocycles. The molecule has 3 rings (SSSR count). The molecule has 0 aliphatic rings. The van der Waals surface area contributed by atoms with Crippen molar-refractivity contribution in [3.05, 3.63) is 54.4 Å². The first-order valence-corrected chi connectivity index (χ1v) is 9.18. The fourth-order valence-corrected chi connectivity index (χ4v) is 2.97. The van der Waals surface area contributed by atoms with E-state index in [2.05, 4.69) is 52.4 Å². The van der Waals surface area contributed by atoms with Gasteiger partial charge in [-0.25, -0.2) is 9.78 Å². The van der Waals surface area contributed by atoms with Crippen molar-refractivity contribution in [3.63, 3.8) is 0 Å². The summed E-state index contributed by atoms with van der Waals surface area (Å²) in [5.74, 6) is 1.48. The lowest BCUT2D eigenvalue weighted by atomic mass is 10.2. The van der Waals surface area contributed by atoms with Crippen molar-refractivity contribution in [1.29, 1.82) is 0 Å². The predicted octanol–water partition coefficient (Wildman–Crippen LogP) is 4.08. The van der Waals surface area contributed by atoms with Crippen molar-refractivity contribution in [2.75, 3.05) is 24.3 Å². The molecule has 6 heteroatoms. The molecule has 0 spiro atoms. The number of aromatic nitrogens is 2. The highest BCUT2D eigenvalue weighted by Crippen LogP contribution is 2.21. The monoisotopic (exact) mass is 365 g/mol. The Bertz CT molecular complexity index is 912. The molecular formula is C21H27N5O. The first-order chi connectivity index (χ1) is 12.9. The molecule has 27 heavy (non-hydrogen) atoms. The third kappa shape index (κ3) is 4.78. The Morgan fingerprint density at radius 3 is 2.67 bits per heavy atom. The van der Waals surface area contributed by atoms with Gasteiger partial charge in [0.25, 0.3) is 0 Å². The summed E-state index contributed by atoms with van der Waals surface area (Å²) in [7, 11) is 3.89. The maximum Gasteiger partial charge on any atom is 0.319 e. The van der Waals surface area contributed by atoms with E-state index >= 15 is 0 Å². The Morgan fingerprint density at radius 2 is 2.00 bits per heavy atom. The Morgan fingerprint density at radius 1 is 1.19 bits per heavy atom. The summed E-state index contributed by atoms with van der Waals surface area (Å²) in [4.78, 5) is 18.5. The first kappa shape index (κ1) is 18.8. The minimum atomic E-state index is -0.229. The number of rotatable bonds is 6. The number of urea groups is 1. The number of anilines is 2. The second-order valence-corrected chi connectivity index (χ2v) is 7.36. The molecule has 6 nitrogen and oxygen atoms in total. The van der Waals surface area contributed by atoms with Crippen molar-refractivity contribution in [2.24, 2.45) is 5.92 Å². The maximum atomic E-state index is 12.2. The molecule has 0 aliphatic carbocycles. The van der Waals surface area contributed by atoms with Crippen LogP contribution < -0.4 is 15.5 Å². The molecule has 0 radical (unpaired) electrons. The zero-order valence-corrected chi connectivity index (χ0v) is 16.4. The topological polar surface area (TPSA) is 62.2 Å². The highest BCUT2D eigenvalue weighted by molar-refractivity contribution is 5.92. The summed E-state index contributed by atoms with van der Waals surface area (Å²) < 4.78 is 2.24. The highest BCUT2D eigenvalue weighted by Gasteiger charge is 2.07. The van der Waals surface area contributed by atoms with Crippen molar-refractivity contribution in [1.82, 2.24) is 14.9 Å². The normalized spacial score (nSPS) is 11.0. The van der Waals surface area contributed by atoms with Crippen LogP contribution in [-0.4, -0.2) is 29.7 Å². The van der Waals surface area contributed by atoms with Gasteiger partial charge in [-0.3, -0.25) is 0 Å². The second-order valence-electron chi connectivity index (χ2n) is 7.36. The van der Waals surface area contributed by atoms with E-state index in [1.54, 1.807) is 6.20 Å². The van der Waals surface area contributed by atoms with Gasteiger partial charge in [0.1, 0.15) is 5.82 Å². The zero-order valence-electron chi connectivity index (χ0n) is 16.4. The third-order valence-corrected chi connectivity index (χ3v) is 4.31. The van der Waals surface area contributed by atoms with Crippen molar-refractivity contribution in [3.8, 4) is 0 Å². The largest absolute Gasteiger partial charge is 0.363 e. The van der Waals surface area contributed by atoms with E-state index in [0.717, 1.165) is 29.0 Å². The van der Waals surface area contributed by atoms with Gasteiger partial charge in [0.05, 0.1) is 0 Å². The number of amides is 2. The SMILES string of the molecule is CC(C)Cn1ccc2cc(NC(=O)NCc3ccc(N(C)C)nc3)ccc21. The van der Waals surface area contributed by atoms with Gasteiger partial charge in [0.2, 0.25) is 0 Å². The quantitative estimate of drug-likeness (QED) is 0.692. The van der Waals surface area contributed by atoms with Gasteiger partial charge >= 0.3 is 6.03 Å². The molecule has 2 N–H and O–H groups in total. The van der Waals surface area contributed by atoms with E-state index in [9.17, 15) is 4.79 Å². The Labute approximate surface area is 160 Å². The summed E-state index contributed by atoms with van der Waals surface area (Å²) in [6.07, 6.45) is 3.87. The van der Waals surface area contributed by atoms with Crippen LogP contribution in [0.15, 0.2) is 48.8 Å². The third-order valence-electron chi connectivity index (χ3n) is 4.31. The molecule has 2 heterocycles. The minimum absolute atomic E-state index is 0.229. The molecule has 2 amide bonds. The highest BCUT2D eigenvalue weighted by atomic mass is 16.2. The van der Waals surface area contributed by atoms with Gasteiger partial charge in [-0.1, -0.05) is 19.9 Å². The molecule has 0 atom stereocenters. The lowest BCUT2D eigenvalue weighted by Crippen LogP contribution is -2.28. The van der Waals surface area contributed by atoms with Crippen LogP contribution in [-0.2, 0) is 13.1 Å². The van der Waals surface area contributed by atoms with Crippen LogP contribution in [0.5, 0.6) is 0 Å². The summed E-state index contributed by atoms with van der Waals surface area (Å²) in [6.45, 7) is 5.82. The number of pyridine rings is 1. The molecule has 0 bridgehead atoms. The first-order valence-electron chi connectivity index (χ1n) is 9.18. The summed E-state index contributed by atoms with van der Waals surface area (Å²) in [5, 5.41) is 6.88. The lowest BCUT2D eigenvalue weighted by molar-refractivity contribution is 0.251. The average molecular weight is 365 g/mol. The number of benzene rings is 1. The summed E-state index contributed by atoms with van der Waals surface area (Å²) >= 11 is 0. The van der Waals surface area contributed by atoms with Gasteiger partial charge in [-0.2, -0.15) is 0 Å². The maximum absolute atomic E-state index is 12.2. The molecule has 142 valence electrons. The van der Waals surface area contributed by atoms with Gasteiger partial charge in [0, 0.05) is 56.2 Å². The number of hydrogen-bond acceptors (Lipinski definition) is 3. The van der Waals surface area contributed by atoms with Gasteiger partial charge in [-0.05, 0) is 41.8 Å². The van der Waals surface area contributed by atoms with Crippen LogP contribution >= 0.6 is 0 Å². The van der Waals surface area contributed by atoms with Crippen LogP contribution in [0.4, 0.5) is 16.3 Å². The molecule has 1 aromatic carbocycles. The van der Waals surface area contributed by atoms with Crippen molar-refractivity contribution < 1.29 is 4.79 Å². The zero-order chi connectivity index (χ0) is 19.4. The van der Waals surface area contributed by atoms with E-state index in [-0.39, 0.29) is 6.03 Å². The molecule has 0 unspecified atom stereocenters. The Kier molecular flexibility index (Phi) is 5.64. The van der Waals surface area contributed by atoms with E-state index < -0.39 is 0 Å². The number of carbonyl (C=O) groups excluding carboxylic acids is 1. The minimum Gasteiger partial charge on any atom is -0.363 e. The molecule has 0 fully saturated rings. The van der Waals surface area contributed by atoms with E-state index in [1.807, 2.05) is 43.3 Å². The van der Waals surface area contributed by atoms with Crippen LogP contribution in [0.3, 0.4) is 0 Å². The predicted molar refractivity (Wildman–Crippen MR) is 111 cm³/mol. The van der Waals surface area contributed by atoms with Crippen molar-refractivity contribution in [2.45, 2.75) is 26.9 Å². The van der Waals surface area contributed by atoms with Gasteiger partial charge in [0.15, 0.2) is 0 Å². The molecule has 0 saturated carbocycles. The molecular weight excluding hydrogens is 338 g/mol. The van der Waals surface area contributed by atoms with E-state index in [4.69, 9.17) is 0 Å². The number of carbonyl (C=O) groups is 1. The van der Waals surface area contributed by atoms with Crippen LogP contribution in [0, 0.1) is 5.92 Å². The number of fused-ring (bicyclic) bond motifs is 1. The van der Waals surface area contributed by atoms with Crippen LogP contribution in [0.2, 0.25) is 0 Å². The number of nitrogens with zero attached hydrogens (tertiary/aromatic N) is 3. The fourth-order valence-electron chi connectivity index (χ4n) is 2.97. The molecule has 0 saturated heterocycles. The van der Waals surface area contributed by atoms with Crippen molar-refractivity contribution >= 4 is 28.4 Å². The van der Waals surface area contributed by atoms with Crippen LogP contribution in [0.25, 0.3) is 10.9 Å². The Balaban J connectivity index is 1.58. The number of hydrogen-bond donors (Lipinski definition) is 2.